The predicted octanol–water partition coefficient (Wildman–Crippen LogP) is 3.83. The highest BCUT2D eigenvalue weighted by Crippen LogP contribution is 2.33. The molecule has 3 aromatic heterocycles. The zero-order valence-corrected chi connectivity index (χ0v) is 17.5. The van der Waals surface area contributed by atoms with Crippen LogP contribution in [0.2, 0.25) is 0 Å². The lowest BCUT2D eigenvalue weighted by atomic mass is 9.93. The van der Waals surface area contributed by atoms with Gasteiger partial charge in [0.15, 0.2) is 0 Å². The van der Waals surface area contributed by atoms with Crippen LogP contribution in [0.25, 0.3) is 10.2 Å². The van der Waals surface area contributed by atoms with Crippen molar-refractivity contribution < 1.29 is 8.78 Å². The standard InChI is InChI=1S/C23H20F2N4OS/c24-16-2-1-15(19(25)9-16)11-27-17-3-4-18-20(10-17)31-22-21(18)23(30)29(13-28-22)12-14-5-7-26-8-6-14/h1-2,5-9,13,17,27H,3-4,10-12H2. The fourth-order valence-electron chi connectivity index (χ4n) is 4.09. The van der Waals surface area contributed by atoms with Crippen molar-refractivity contribution in [3.05, 3.63) is 92.6 Å². The van der Waals surface area contributed by atoms with Gasteiger partial charge in [-0.25, -0.2) is 13.8 Å². The summed E-state index contributed by atoms with van der Waals surface area (Å²) in [6.07, 6.45) is 7.42. The maximum absolute atomic E-state index is 13.9. The molecular weight excluding hydrogens is 418 g/mol. The summed E-state index contributed by atoms with van der Waals surface area (Å²) < 4.78 is 28.6. The molecule has 0 bridgehead atoms. The molecule has 1 unspecified atom stereocenters. The van der Waals surface area contributed by atoms with E-state index in [-0.39, 0.29) is 11.6 Å². The van der Waals surface area contributed by atoms with Gasteiger partial charge < -0.3 is 5.32 Å². The molecule has 0 fully saturated rings. The fraction of sp³-hybridized carbons (Fsp3) is 0.261. The van der Waals surface area contributed by atoms with Crippen molar-refractivity contribution in [2.24, 2.45) is 0 Å². The average molecular weight is 439 g/mol. The number of hydrogen-bond donors (Lipinski definition) is 1. The molecule has 0 aliphatic heterocycles. The molecule has 3 heterocycles. The topological polar surface area (TPSA) is 59.8 Å². The molecule has 0 saturated carbocycles. The summed E-state index contributed by atoms with van der Waals surface area (Å²) >= 11 is 1.56. The van der Waals surface area contributed by atoms with Crippen molar-refractivity contribution in [2.45, 2.75) is 38.4 Å². The number of thiophene rings is 1. The highest BCUT2D eigenvalue weighted by Gasteiger charge is 2.25. The number of aromatic nitrogens is 3. The molecule has 0 amide bonds. The quantitative estimate of drug-likeness (QED) is 0.515. The van der Waals surface area contributed by atoms with E-state index in [0.29, 0.717) is 18.7 Å². The van der Waals surface area contributed by atoms with Gasteiger partial charge in [0.25, 0.3) is 5.56 Å². The number of pyridine rings is 1. The number of fused-ring (bicyclic) bond motifs is 3. The van der Waals surface area contributed by atoms with Crippen LogP contribution in [0.3, 0.4) is 0 Å². The monoisotopic (exact) mass is 438 g/mol. The van der Waals surface area contributed by atoms with E-state index in [1.54, 1.807) is 34.6 Å². The zero-order valence-electron chi connectivity index (χ0n) is 16.6. The van der Waals surface area contributed by atoms with Gasteiger partial charge in [-0.2, -0.15) is 0 Å². The van der Waals surface area contributed by atoms with E-state index in [1.165, 1.54) is 12.1 Å². The molecule has 0 saturated heterocycles. The van der Waals surface area contributed by atoms with Crippen molar-refractivity contribution in [2.75, 3.05) is 0 Å². The van der Waals surface area contributed by atoms with Crippen LogP contribution in [-0.2, 0) is 25.9 Å². The summed E-state index contributed by atoms with van der Waals surface area (Å²) in [6, 6.07) is 7.60. The molecule has 0 radical (unpaired) electrons. The highest BCUT2D eigenvalue weighted by molar-refractivity contribution is 7.18. The molecule has 1 atom stereocenters. The lowest BCUT2D eigenvalue weighted by Gasteiger charge is -2.23. The summed E-state index contributed by atoms with van der Waals surface area (Å²) in [7, 11) is 0. The van der Waals surface area contributed by atoms with E-state index < -0.39 is 11.6 Å². The first-order valence-corrected chi connectivity index (χ1v) is 11.0. The van der Waals surface area contributed by atoms with Gasteiger partial charge in [-0.15, -0.1) is 11.3 Å². The number of rotatable bonds is 5. The minimum absolute atomic E-state index is 0.0147. The van der Waals surface area contributed by atoms with Crippen LogP contribution >= 0.6 is 11.3 Å². The first kappa shape index (κ1) is 20.0. The van der Waals surface area contributed by atoms with Crippen molar-refractivity contribution in [3.63, 3.8) is 0 Å². The maximum atomic E-state index is 13.9. The summed E-state index contributed by atoms with van der Waals surface area (Å²) in [6.45, 7) is 0.802. The summed E-state index contributed by atoms with van der Waals surface area (Å²) in [5.41, 5.74) is 2.52. The van der Waals surface area contributed by atoms with Gasteiger partial charge >= 0.3 is 0 Å². The van der Waals surface area contributed by atoms with Gasteiger partial charge in [-0.05, 0) is 48.6 Å². The molecule has 31 heavy (non-hydrogen) atoms. The highest BCUT2D eigenvalue weighted by atomic mass is 32.1. The van der Waals surface area contributed by atoms with E-state index >= 15 is 0 Å². The molecule has 1 aliphatic carbocycles. The zero-order chi connectivity index (χ0) is 21.4. The normalized spacial score (nSPS) is 15.9. The Morgan fingerprint density at radius 1 is 1.19 bits per heavy atom. The van der Waals surface area contributed by atoms with E-state index in [2.05, 4.69) is 15.3 Å². The van der Waals surface area contributed by atoms with Crippen LogP contribution < -0.4 is 10.9 Å². The van der Waals surface area contributed by atoms with Crippen molar-refractivity contribution in [3.8, 4) is 0 Å². The summed E-state index contributed by atoms with van der Waals surface area (Å²) in [5, 5.41) is 4.10. The Morgan fingerprint density at radius 3 is 2.84 bits per heavy atom. The second-order valence-corrected chi connectivity index (χ2v) is 8.86. The molecule has 1 aliphatic rings. The first-order valence-electron chi connectivity index (χ1n) is 10.1. The van der Waals surface area contributed by atoms with Gasteiger partial charge in [-0.3, -0.25) is 14.3 Å². The van der Waals surface area contributed by atoms with Crippen LogP contribution in [0, 0.1) is 11.6 Å². The second-order valence-electron chi connectivity index (χ2n) is 7.77. The molecule has 8 heteroatoms. The predicted molar refractivity (Wildman–Crippen MR) is 116 cm³/mol. The number of hydrogen-bond acceptors (Lipinski definition) is 5. The molecule has 158 valence electrons. The Bertz CT molecular complexity index is 1300. The maximum Gasteiger partial charge on any atom is 0.262 e. The lowest BCUT2D eigenvalue weighted by Crippen LogP contribution is -2.34. The molecular formula is C23H20F2N4OS. The van der Waals surface area contributed by atoms with Crippen LogP contribution in [-0.4, -0.2) is 20.6 Å². The fourth-order valence-corrected chi connectivity index (χ4v) is 5.35. The minimum Gasteiger partial charge on any atom is -0.309 e. The largest absolute Gasteiger partial charge is 0.309 e. The van der Waals surface area contributed by atoms with Gasteiger partial charge in [-0.1, -0.05) is 6.07 Å². The van der Waals surface area contributed by atoms with Crippen LogP contribution in [0.5, 0.6) is 0 Å². The first-order chi connectivity index (χ1) is 15.1. The number of nitrogens with zero attached hydrogens (tertiary/aromatic N) is 3. The third-order valence-electron chi connectivity index (χ3n) is 5.73. The Balaban J connectivity index is 1.36. The SMILES string of the molecule is O=c1c2c3c(sc2ncn1Cc1ccncc1)CC(NCc1ccc(F)cc1F)CC3. The molecule has 0 spiro atoms. The van der Waals surface area contributed by atoms with Crippen LogP contribution in [0.1, 0.15) is 28.0 Å². The summed E-state index contributed by atoms with van der Waals surface area (Å²) in [5.74, 6) is -1.11. The Kier molecular flexibility index (Phi) is 5.33. The number of benzene rings is 1. The van der Waals surface area contributed by atoms with Gasteiger partial charge in [0, 0.05) is 41.5 Å². The molecule has 1 aromatic carbocycles. The number of nitrogens with one attached hydrogen (secondary N) is 1. The Labute approximate surface area is 181 Å². The van der Waals surface area contributed by atoms with Crippen LogP contribution in [0.4, 0.5) is 8.78 Å². The van der Waals surface area contributed by atoms with Crippen molar-refractivity contribution in [1.82, 2.24) is 19.9 Å². The molecule has 4 aromatic rings. The Morgan fingerprint density at radius 2 is 2.03 bits per heavy atom. The molecule has 1 N–H and O–H groups in total. The molecule has 5 rings (SSSR count). The van der Waals surface area contributed by atoms with Gasteiger partial charge in [0.1, 0.15) is 16.5 Å². The smallest absolute Gasteiger partial charge is 0.262 e. The van der Waals surface area contributed by atoms with E-state index in [4.69, 9.17) is 0 Å². The van der Waals surface area contributed by atoms with Gasteiger partial charge in [0.2, 0.25) is 0 Å². The van der Waals surface area contributed by atoms with Gasteiger partial charge in [0.05, 0.1) is 18.3 Å². The number of aryl methyl sites for hydroxylation is 1. The number of halogens is 2. The average Bonchev–Trinajstić information content (AvgIpc) is 3.14. The minimum atomic E-state index is -0.573. The molecule has 5 nitrogen and oxygen atoms in total. The third-order valence-corrected chi connectivity index (χ3v) is 6.90. The Hall–Kier alpha value is -2.97. The van der Waals surface area contributed by atoms with Crippen molar-refractivity contribution in [1.29, 1.82) is 0 Å². The van der Waals surface area contributed by atoms with E-state index in [9.17, 15) is 13.6 Å². The van der Waals surface area contributed by atoms with Crippen molar-refractivity contribution >= 4 is 21.6 Å². The summed E-state index contributed by atoms with van der Waals surface area (Å²) in [4.78, 5) is 23.6. The van der Waals surface area contributed by atoms with E-state index in [1.807, 2.05) is 12.1 Å². The van der Waals surface area contributed by atoms with Crippen LogP contribution in [0.15, 0.2) is 53.8 Å². The third kappa shape index (κ3) is 4.00. The second kappa shape index (κ2) is 8.28. The van der Waals surface area contributed by atoms with E-state index in [0.717, 1.165) is 51.5 Å². The lowest BCUT2D eigenvalue weighted by molar-refractivity contribution is 0.454.